The number of nitrogens with one attached hydrogen (secondary N) is 1. The number of rotatable bonds is 4. The predicted molar refractivity (Wildman–Crippen MR) is 119 cm³/mol. The Morgan fingerprint density at radius 3 is 2.73 bits per heavy atom. The van der Waals surface area contributed by atoms with Crippen LogP contribution in [-0.4, -0.2) is 70.6 Å². The van der Waals surface area contributed by atoms with Gasteiger partial charge in [0, 0.05) is 43.3 Å². The van der Waals surface area contributed by atoms with Gasteiger partial charge in [0.2, 0.25) is 5.91 Å². The highest BCUT2D eigenvalue weighted by Crippen LogP contribution is 2.36. The number of carbonyl (C=O) groups is 1. The molecule has 4 heterocycles. The summed E-state index contributed by atoms with van der Waals surface area (Å²) in [4.78, 5) is 22.0. The number of hydrogen-bond donors (Lipinski definition) is 1. The topological polar surface area (TPSA) is 61.6 Å². The number of aromatic nitrogens is 1. The lowest BCUT2D eigenvalue weighted by Crippen LogP contribution is -2.42. The van der Waals surface area contributed by atoms with Crippen LogP contribution in [0.25, 0.3) is 11.3 Å². The zero-order chi connectivity index (χ0) is 20.5. The second kappa shape index (κ2) is 8.73. The van der Waals surface area contributed by atoms with Crippen molar-refractivity contribution in [1.82, 2.24) is 20.1 Å². The first-order chi connectivity index (χ1) is 14.7. The van der Waals surface area contributed by atoms with Crippen molar-refractivity contribution in [2.24, 2.45) is 0 Å². The van der Waals surface area contributed by atoms with Gasteiger partial charge in [-0.25, -0.2) is 4.98 Å². The molecular formula is C23H30N4O2S. The van der Waals surface area contributed by atoms with Gasteiger partial charge in [-0.15, -0.1) is 11.8 Å². The molecule has 0 unspecified atom stereocenters. The molecule has 3 saturated heterocycles. The second-order valence-corrected chi connectivity index (χ2v) is 9.69. The third kappa shape index (κ3) is 4.03. The number of likely N-dealkylation sites (tertiary alicyclic amines) is 1. The van der Waals surface area contributed by atoms with Gasteiger partial charge in [-0.2, -0.15) is 0 Å². The van der Waals surface area contributed by atoms with Gasteiger partial charge < -0.3 is 14.6 Å². The summed E-state index contributed by atoms with van der Waals surface area (Å²) in [5.74, 6) is 4.33. The Bertz CT molecular complexity index is 873. The maximum absolute atomic E-state index is 12.7. The number of benzene rings is 1. The third-order valence-corrected chi connectivity index (χ3v) is 7.66. The molecule has 3 aliphatic heterocycles. The van der Waals surface area contributed by atoms with Gasteiger partial charge in [-0.05, 0) is 32.4 Å². The number of thioether (sulfide) groups is 1. The molecule has 0 radical (unpaired) electrons. The summed E-state index contributed by atoms with van der Waals surface area (Å²) >= 11 is 1.85. The average Bonchev–Trinajstić information content (AvgIpc) is 3.55. The van der Waals surface area contributed by atoms with E-state index >= 15 is 0 Å². The fraction of sp³-hybridized carbons (Fsp3) is 0.565. The summed E-state index contributed by atoms with van der Waals surface area (Å²) in [5, 5.41) is 3.49. The van der Waals surface area contributed by atoms with Gasteiger partial charge >= 0.3 is 0 Å². The van der Waals surface area contributed by atoms with Gasteiger partial charge in [-0.3, -0.25) is 9.69 Å². The smallest absolute Gasteiger partial charge is 0.240 e. The van der Waals surface area contributed by atoms with E-state index in [0.717, 1.165) is 80.0 Å². The van der Waals surface area contributed by atoms with Crippen LogP contribution in [0.1, 0.15) is 36.8 Å². The molecule has 1 N–H and O–H groups in total. The van der Waals surface area contributed by atoms with Crippen LogP contribution in [-0.2, 0) is 4.79 Å². The van der Waals surface area contributed by atoms with Crippen molar-refractivity contribution in [2.45, 2.75) is 44.2 Å². The molecule has 5 rings (SSSR count). The van der Waals surface area contributed by atoms with Crippen molar-refractivity contribution < 1.29 is 9.21 Å². The number of piperidine rings is 1. The molecule has 160 valence electrons. The highest BCUT2D eigenvalue weighted by atomic mass is 32.2. The third-order valence-electron chi connectivity index (χ3n) is 6.70. The standard InChI is InChI=1S/C23H30N4O2S/c1-16-25-21(22(29-16)18-5-3-2-4-6-18)17-7-9-26(10-8-17)19-13-20(24-14-19)23(28)27-11-12-30-15-27/h2-6,17,19-20,24H,7-15H2,1H3/t19-,20-/m0/s1. The van der Waals surface area contributed by atoms with Crippen LogP contribution in [0.4, 0.5) is 0 Å². The Morgan fingerprint density at radius 2 is 2.00 bits per heavy atom. The summed E-state index contributed by atoms with van der Waals surface area (Å²) in [6.45, 7) is 5.86. The first-order valence-electron chi connectivity index (χ1n) is 11.1. The van der Waals surface area contributed by atoms with Crippen LogP contribution < -0.4 is 5.32 Å². The largest absolute Gasteiger partial charge is 0.441 e. The molecule has 2 atom stereocenters. The maximum Gasteiger partial charge on any atom is 0.240 e. The van der Waals surface area contributed by atoms with Gasteiger partial charge in [0.15, 0.2) is 11.7 Å². The van der Waals surface area contributed by atoms with Gasteiger partial charge in [0.05, 0.1) is 17.6 Å². The molecule has 1 aromatic heterocycles. The molecule has 3 aliphatic rings. The fourth-order valence-electron chi connectivity index (χ4n) is 5.05. The van der Waals surface area contributed by atoms with E-state index in [-0.39, 0.29) is 6.04 Å². The first kappa shape index (κ1) is 20.1. The van der Waals surface area contributed by atoms with Crippen LogP contribution in [0.5, 0.6) is 0 Å². The van der Waals surface area contributed by atoms with Crippen molar-refractivity contribution in [1.29, 1.82) is 0 Å². The minimum Gasteiger partial charge on any atom is -0.441 e. The Hall–Kier alpha value is -1.83. The number of oxazole rings is 1. The molecule has 6 nitrogen and oxygen atoms in total. The molecule has 0 aliphatic carbocycles. The Balaban J connectivity index is 1.20. The Labute approximate surface area is 182 Å². The normalized spacial score (nSPS) is 25.8. The van der Waals surface area contributed by atoms with E-state index in [1.165, 1.54) is 0 Å². The summed E-state index contributed by atoms with van der Waals surface area (Å²) in [6.07, 6.45) is 3.11. The molecule has 0 spiro atoms. The van der Waals surface area contributed by atoms with E-state index in [2.05, 4.69) is 22.3 Å². The van der Waals surface area contributed by atoms with E-state index in [1.54, 1.807) is 0 Å². The lowest BCUT2D eigenvalue weighted by molar-refractivity contribution is -0.131. The molecule has 7 heteroatoms. The quantitative estimate of drug-likeness (QED) is 0.811. The van der Waals surface area contributed by atoms with Crippen LogP contribution >= 0.6 is 11.8 Å². The minimum atomic E-state index is -0.00528. The zero-order valence-electron chi connectivity index (χ0n) is 17.5. The Morgan fingerprint density at radius 1 is 1.20 bits per heavy atom. The second-order valence-electron chi connectivity index (χ2n) is 8.61. The minimum absolute atomic E-state index is 0.00528. The average molecular weight is 427 g/mol. The molecule has 0 saturated carbocycles. The lowest BCUT2D eigenvalue weighted by atomic mass is 9.90. The molecule has 1 aromatic carbocycles. The summed E-state index contributed by atoms with van der Waals surface area (Å²) in [7, 11) is 0. The molecule has 2 aromatic rings. The summed E-state index contributed by atoms with van der Waals surface area (Å²) in [6, 6.07) is 10.8. The number of hydrogen-bond acceptors (Lipinski definition) is 6. The van der Waals surface area contributed by atoms with Gasteiger partial charge in [0.25, 0.3) is 0 Å². The lowest BCUT2D eigenvalue weighted by Gasteiger charge is -2.35. The molecule has 0 bridgehead atoms. The number of amides is 1. The number of carbonyl (C=O) groups excluding carboxylic acids is 1. The number of aryl methyl sites for hydroxylation is 1. The van der Waals surface area contributed by atoms with Crippen LogP contribution in [0.3, 0.4) is 0 Å². The van der Waals surface area contributed by atoms with E-state index in [1.807, 2.05) is 41.8 Å². The summed E-state index contributed by atoms with van der Waals surface area (Å²) in [5.41, 5.74) is 2.22. The Kier molecular flexibility index (Phi) is 5.85. The van der Waals surface area contributed by atoms with Crippen LogP contribution in [0.15, 0.2) is 34.7 Å². The zero-order valence-corrected chi connectivity index (χ0v) is 18.4. The van der Waals surface area contributed by atoms with Crippen LogP contribution in [0, 0.1) is 6.92 Å². The van der Waals surface area contributed by atoms with Crippen molar-refractivity contribution in [3.8, 4) is 11.3 Å². The molecule has 3 fully saturated rings. The van der Waals surface area contributed by atoms with Crippen molar-refractivity contribution in [2.75, 3.05) is 37.8 Å². The predicted octanol–water partition coefficient (Wildman–Crippen LogP) is 3.09. The fourth-order valence-corrected chi connectivity index (χ4v) is 6.00. The van der Waals surface area contributed by atoms with Crippen molar-refractivity contribution >= 4 is 17.7 Å². The number of nitrogens with zero attached hydrogens (tertiary/aromatic N) is 3. The first-order valence-corrected chi connectivity index (χ1v) is 12.2. The molecule has 1 amide bonds. The van der Waals surface area contributed by atoms with Gasteiger partial charge in [-0.1, -0.05) is 30.3 Å². The van der Waals surface area contributed by atoms with Crippen molar-refractivity contribution in [3.63, 3.8) is 0 Å². The summed E-state index contributed by atoms with van der Waals surface area (Å²) < 4.78 is 5.99. The van der Waals surface area contributed by atoms with Gasteiger partial charge in [0.1, 0.15) is 0 Å². The molecular weight excluding hydrogens is 396 g/mol. The van der Waals surface area contributed by atoms with E-state index in [9.17, 15) is 4.79 Å². The van der Waals surface area contributed by atoms with E-state index in [4.69, 9.17) is 9.40 Å². The SMILES string of the molecule is Cc1nc(C2CCN([C@@H]3CN[C@H](C(=O)N4CCSC4)C3)CC2)c(-c2ccccc2)o1. The highest BCUT2D eigenvalue weighted by molar-refractivity contribution is 7.99. The molecule has 30 heavy (non-hydrogen) atoms. The monoisotopic (exact) mass is 426 g/mol. The highest BCUT2D eigenvalue weighted by Gasteiger charge is 2.37. The van der Waals surface area contributed by atoms with E-state index in [0.29, 0.717) is 17.9 Å². The van der Waals surface area contributed by atoms with E-state index < -0.39 is 0 Å². The van der Waals surface area contributed by atoms with Crippen LogP contribution in [0.2, 0.25) is 0 Å². The maximum atomic E-state index is 12.7. The van der Waals surface area contributed by atoms with Crippen molar-refractivity contribution in [3.05, 3.63) is 41.9 Å².